The smallest absolute Gasteiger partial charge is 0.258 e. The van der Waals surface area contributed by atoms with Gasteiger partial charge in [0, 0.05) is 16.3 Å². The van der Waals surface area contributed by atoms with Crippen molar-refractivity contribution in [3.63, 3.8) is 0 Å². The molecule has 0 amide bonds. The van der Waals surface area contributed by atoms with E-state index < -0.39 is 31.3 Å². The van der Waals surface area contributed by atoms with Crippen molar-refractivity contribution >= 4 is 27.0 Å². The molecule has 0 aliphatic rings. The molecule has 2 rings (SSSR count). The number of hydrogen-bond donors (Lipinski definition) is 1. The Morgan fingerprint density at radius 2 is 2.05 bits per heavy atom. The molecule has 0 saturated carbocycles. The van der Waals surface area contributed by atoms with Crippen LogP contribution in [-0.4, -0.2) is 13.3 Å². The molecule has 9 heteroatoms. The molecule has 0 radical (unpaired) electrons. The number of rotatable bonds is 5. The Hall–Kier alpha value is -1.84. The van der Waals surface area contributed by atoms with Gasteiger partial charge < -0.3 is 0 Å². The fourth-order valence-corrected chi connectivity index (χ4v) is 3.82. The molecule has 21 heavy (non-hydrogen) atoms. The lowest BCUT2D eigenvalue weighted by Crippen LogP contribution is -2.24. The Labute approximate surface area is 124 Å². The standard InChI is InChI=1S/C12H11FN2O4S2/c1-8-5-6-9(20-8)7-14-21(18,19)11-4-2-3-10(13)12(11)15(16)17/h2-6,14H,7H2,1H3. The summed E-state index contributed by atoms with van der Waals surface area (Å²) in [4.78, 5) is 10.9. The van der Waals surface area contributed by atoms with Crippen LogP contribution in [0.25, 0.3) is 0 Å². The summed E-state index contributed by atoms with van der Waals surface area (Å²) in [7, 11) is -4.17. The fourth-order valence-electron chi connectivity index (χ4n) is 1.71. The summed E-state index contributed by atoms with van der Waals surface area (Å²) >= 11 is 1.40. The van der Waals surface area contributed by atoms with Gasteiger partial charge in [0.1, 0.15) is 0 Å². The van der Waals surface area contributed by atoms with Crippen molar-refractivity contribution in [1.82, 2.24) is 4.72 Å². The van der Waals surface area contributed by atoms with Gasteiger partial charge in [0.25, 0.3) is 0 Å². The predicted octanol–water partition coefficient (Wildman–Crippen LogP) is 2.58. The van der Waals surface area contributed by atoms with Gasteiger partial charge in [0.15, 0.2) is 4.90 Å². The molecule has 0 atom stereocenters. The van der Waals surface area contributed by atoms with Crippen LogP contribution in [0.1, 0.15) is 9.75 Å². The highest BCUT2D eigenvalue weighted by atomic mass is 32.2. The average Bonchev–Trinajstić information content (AvgIpc) is 2.82. The maximum atomic E-state index is 13.5. The number of thiophene rings is 1. The van der Waals surface area contributed by atoms with Crippen molar-refractivity contribution in [2.45, 2.75) is 18.4 Å². The topological polar surface area (TPSA) is 89.3 Å². The zero-order valence-electron chi connectivity index (χ0n) is 10.9. The lowest BCUT2D eigenvalue weighted by molar-refractivity contribution is -0.390. The highest BCUT2D eigenvalue weighted by Crippen LogP contribution is 2.26. The molecule has 0 aliphatic carbocycles. The van der Waals surface area contributed by atoms with Crippen LogP contribution in [0.3, 0.4) is 0 Å². The third-order valence-corrected chi connectivity index (χ3v) is 5.09. The summed E-state index contributed by atoms with van der Waals surface area (Å²) in [6.07, 6.45) is 0. The number of nitro groups is 1. The summed E-state index contributed by atoms with van der Waals surface area (Å²) in [5.74, 6) is -1.19. The van der Waals surface area contributed by atoms with Crippen LogP contribution >= 0.6 is 11.3 Å². The van der Waals surface area contributed by atoms with Gasteiger partial charge in [-0.3, -0.25) is 10.1 Å². The monoisotopic (exact) mass is 330 g/mol. The number of hydrogen-bond acceptors (Lipinski definition) is 5. The Morgan fingerprint density at radius 3 is 2.62 bits per heavy atom. The minimum absolute atomic E-state index is 0.00545. The number of aryl methyl sites for hydroxylation is 1. The fraction of sp³-hybridized carbons (Fsp3) is 0.167. The summed E-state index contributed by atoms with van der Waals surface area (Å²) in [6.45, 7) is 1.87. The second-order valence-corrected chi connectivity index (χ2v) is 7.29. The first kappa shape index (κ1) is 15.5. The molecule has 0 saturated heterocycles. The van der Waals surface area contributed by atoms with Gasteiger partial charge in [0.05, 0.1) is 4.92 Å². The van der Waals surface area contributed by atoms with E-state index in [0.717, 1.165) is 28.0 Å². The van der Waals surface area contributed by atoms with Gasteiger partial charge in [-0.25, -0.2) is 13.1 Å². The Balaban J connectivity index is 2.32. The van der Waals surface area contributed by atoms with Crippen LogP contribution in [-0.2, 0) is 16.6 Å². The van der Waals surface area contributed by atoms with Crippen molar-refractivity contribution in [2.24, 2.45) is 0 Å². The first-order valence-corrected chi connectivity index (χ1v) is 8.09. The van der Waals surface area contributed by atoms with Crippen LogP contribution in [0.4, 0.5) is 10.1 Å². The number of sulfonamides is 1. The van der Waals surface area contributed by atoms with Crippen molar-refractivity contribution in [3.8, 4) is 0 Å². The molecule has 112 valence electrons. The second-order valence-electron chi connectivity index (χ2n) is 4.18. The molecule has 0 spiro atoms. The van der Waals surface area contributed by atoms with Gasteiger partial charge in [-0.15, -0.1) is 11.3 Å². The largest absolute Gasteiger partial charge is 0.324 e. The van der Waals surface area contributed by atoms with Crippen LogP contribution in [0.15, 0.2) is 35.2 Å². The SMILES string of the molecule is Cc1ccc(CNS(=O)(=O)c2cccc(F)c2[N+](=O)[O-])s1. The average molecular weight is 330 g/mol. The minimum Gasteiger partial charge on any atom is -0.258 e. The van der Waals surface area contributed by atoms with Crippen LogP contribution in [0, 0.1) is 22.9 Å². The Bertz CT molecular complexity index is 786. The first-order chi connectivity index (χ1) is 9.81. The predicted molar refractivity (Wildman–Crippen MR) is 76.1 cm³/mol. The van der Waals surface area contributed by atoms with Crippen molar-refractivity contribution in [2.75, 3.05) is 0 Å². The highest BCUT2D eigenvalue weighted by Gasteiger charge is 2.29. The van der Waals surface area contributed by atoms with Gasteiger partial charge in [0.2, 0.25) is 15.8 Å². The summed E-state index contributed by atoms with van der Waals surface area (Å²) < 4.78 is 39.9. The van der Waals surface area contributed by atoms with Gasteiger partial charge >= 0.3 is 5.69 Å². The minimum atomic E-state index is -4.17. The van der Waals surface area contributed by atoms with E-state index in [-0.39, 0.29) is 6.54 Å². The molecule has 1 aromatic heterocycles. The van der Waals surface area contributed by atoms with Crippen molar-refractivity contribution < 1.29 is 17.7 Å². The van der Waals surface area contributed by atoms with Crippen LogP contribution in [0.2, 0.25) is 0 Å². The Morgan fingerprint density at radius 1 is 1.33 bits per heavy atom. The van der Waals surface area contributed by atoms with E-state index in [4.69, 9.17) is 0 Å². The molecule has 1 heterocycles. The Kier molecular flexibility index (Phi) is 4.35. The van der Waals surface area contributed by atoms with Crippen molar-refractivity contribution in [1.29, 1.82) is 0 Å². The number of benzene rings is 1. The van der Waals surface area contributed by atoms with E-state index >= 15 is 0 Å². The molecule has 0 bridgehead atoms. The third kappa shape index (κ3) is 3.43. The normalized spacial score (nSPS) is 11.5. The zero-order chi connectivity index (χ0) is 15.6. The molecular weight excluding hydrogens is 319 g/mol. The quantitative estimate of drug-likeness (QED) is 0.674. The zero-order valence-corrected chi connectivity index (χ0v) is 12.5. The molecule has 6 nitrogen and oxygen atoms in total. The molecule has 0 aliphatic heterocycles. The molecule has 2 aromatic rings. The lowest BCUT2D eigenvalue weighted by atomic mass is 10.3. The number of nitro benzene ring substituents is 1. The number of nitrogens with one attached hydrogen (secondary N) is 1. The van der Waals surface area contributed by atoms with Gasteiger partial charge in [-0.05, 0) is 31.2 Å². The second kappa shape index (κ2) is 5.88. The maximum Gasteiger partial charge on any atom is 0.324 e. The molecule has 0 fully saturated rings. The van der Waals surface area contributed by atoms with E-state index in [9.17, 15) is 22.9 Å². The summed E-state index contributed by atoms with van der Waals surface area (Å²) in [5, 5.41) is 10.8. The van der Waals surface area contributed by atoms with Gasteiger partial charge in [-0.2, -0.15) is 4.39 Å². The molecule has 1 aromatic carbocycles. The first-order valence-electron chi connectivity index (χ1n) is 5.79. The lowest BCUT2D eigenvalue weighted by Gasteiger charge is -2.06. The van der Waals surface area contributed by atoms with Gasteiger partial charge in [-0.1, -0.05) is 6.07 Å². The molecular formula is C12H11FN2O4S2. The van der Waals surface area contributed by atoms with Crippen LogP contribution < -0.4 is 4.72 Å². The molecule has 1 N–H and O–H groups in total. The maximum absolute atomic E-state index is 13.5. The molecule has 0 unspecified atom stereocenters. The number of para-hydroxylation sites is 1. The number of nitrogens with zero attached hydrogens (tertiary/aromatic N) is 1. The number of halogens is 1. The summed E-state index contributed by atoms with van der Waals surface area (Å²) in [5.41, 5.74) is -1.05. The third-order valence-electron chi connectivity index (χ3n) is 2.65. The van der Waals surface area contributed by atoms with Crippen molar-refractivity contribution in [3.05, 3.63) is 56.0 Å². The van der Waals surface area contributed by atoms with E-state index in [0.29, 0.717) is 0 Å². The summed E-state index contributed by atoms with van der Waals surface area (Å²) in [6, 6.07) is 6.55. The van der Waals surface area contributed by atoms with E-state index in [1.165, 1.54) is 11.3 Å². The highest BCUT2D eigenvalue weighted by molar-refractivity contribution is 7.89. The van der Waals surface area contributed by atoms with E-state index in [1.807, 2.05) is 13.0 Å². The van der Waals surface area contributed by atoms with E-state index in [1.54, 1.807) is 6.07 Å². The van der Waals surface area contributed by atoms with E-state index in [2.05, 4.69) is 4.72 Å². The van der Waals surface area contributed by atoms with Crippen LogP contribution in [0.5, 0.6) is 0 Å².